The fraction of sp³-hybridized carbons (Fsp3) is 0.522. The number of hydrogen-bond donors (Lipinski definition) is 0. The van der Waals surface area contributed by atoms with Gasteiger partial charge in [-0.3, -0.25) is 0 Å². The summed E-state index contributed by atoms with van der Waals surface area (Å²) < 4.78 is 0. The topological polar surface area (TPSA) is 0 Å². The molecule has 7 atom stereocenters. The zero-order valence-corrected chi connectivity index (χ0v) is 28.8. The van der Waals surface area contributed by atoms with Gasteiger partial charge in [0.15, 0.2) is 0 Å². The molecular weight excluding hydrogens is 553 g/mol. The van der Waals surface area contributed by atoms with Crippen LogP contribution in [0, 0.1) is 35.5 Å². The van der Waals surface area contributed by atoms with Crippen LogP contribution in [0.1, 0.15) is 126 Å². The van der Waals surface area contributed by atoms with Gasteiger partial charge in [0.1, 0.15) is 0 Å². The lowest BCUT2D eigenvalue weighted by Crippen LogP contribution is -2.22. The molecule has 46 heavy (non-hydrogen) atoms. The quantitative estimate of drug-likeness (QED) is 0.224. The minimum atomic E-state index is 0.636. The van der Waals surface area contributed by atoms with E-state index in [1.165, 1.54) is 113 Å². The average Bonchev–Trinajstić information content (AvgIpc) is 3.38. The second-order valence-electron chi connectivity index (χ2n) is 15.7. The van der Waals surface area contributed by atoms with Crippen molar-refractivity contribution in [1.82, 2.24) is 0 Å². The highest BCUT2D eigenvalue weighted by atomic mass is 14.3. The molecule has 4 aliphatic rings. The fourth-order valence-electron chi connectivity index (χ4n) is 9.54. The summed E-state index contributed by atoms with van der Waals surface area (Å²) in [6.07, 6.45) is 37.8. The Labute approximate surface area is 281 Å². The summed E-state index contributed by atoms with van der Waals surface area (Å²) in [6.45, 7) is 7.03. The van der Waals surface area contributed by atoms with Gasteiger partial charge in [-0.25, -0.2) is 0 Å². The minimum absolute atomic E-state index is 0.636. The van der Waals surface area contributed by atoms with Crippen LogP contribution in [0.25, 0.3) is 5.57 Å². The molecule has 6 rings (SSSR count). The number of allylic oxidation sites excluding steroid dienone is 9. The molecule has 0 heteroatoms. The van der Waals surface area contributed by atoms with E-state index in [2.05, 4.69) is 111 Å². The number of rotatable bonds is 12. The molecule has 2 aromatic rings. The molecule has 244 valence electrons. The molecule has 2 saturated carbocycles. The molecule has 0 bridgehead atoms. The molecule has 0 saturated heterocycles. The lowest BCUT2D eigenvalue weighted by atomic mass is 9.71. The molecule has 0 aromatic heterocycles. The van der Waals surface area contributed by atoms with E-state index in [9.17, 15) is 0 Å². The molecule has 7 unspecified atom stereocenters. The van der Waals surface area contributed by atoms with Crippen LogP contribution in [0.3, 0.4) is 0 Å². The van der Waals surface area contributed by atoms with Crippen LogP contribution in [0.5, 0.6) is 0 Å². The summed E-state index contributed by atoms with van der Waals surface area (Å²) >= 11 is 0. The van der Waals surface area contributed by atoms with E-state index in [0.29, 0.717) is 11.8 Å². The van der Waals surface area contributed by atoms with Gasteiger partial charge in [-0.1, -0.05) is 155 Å². The number of benzene rings is 2. The van der Waals surface area contributed by atoms with Crippen molar-refractivity contribution in [3.05, 3.63) is 126 Å². The van der Waals surface area contributed by atoms with Crippen LogP contribution in [0.4, 0.5) is 0 Å². The molecule has 2 fully saturated rings. The largest absolute Gasteiger partial charge is 0.0952 e. The monoisotopic (exact) mass is 612 g/mol. The Hall–Kier alpha value is -2.86. The molecule has 0 aliphatic heterocycles. The Morgan fingerprint density at radius 1 is 0.783 bits per heavy atom. The zero-order valence-electron chi connectivity index (χ0n) is 28.8. The van der Waals surface area contributed by atoms with Gasteiger partial charge in [0.25, 0.3) is 0 Å². The van der Waals surface area contributed by atoms with E-state index in [0.717, 1.165) is 36.0 Å². The van der Waals surface area contributed by atoms with Crippen molar-refractivity contribution in [1.29, 1.82) is 0 Å². The average molecular weight is 613 g/mol. The Morgan fingerprint density at radius 2 is 1.57 bits per heavy atom. The van der Waals surface area contributed by atoms with Crippen LogP contribution >= 0.6 is 0 Å². The highest BCUT2D eigenvalue weighted by molar-refractivity contribution is 5.63. The van der Waals surface area contributed by atoms with Crippen molar-refractivity contribution in [2.75, 3.05) is 0 Å². The van der Waals surface area contributed by atoms with E-state index in [-0.39, 0.29) is 0 Å². The van der Waals surface area contributed by atoms with Gasteiger partial charge in [0.2, 0.25) is 0 Å². The maximum absolute atomic E-state index is 4.62. The molecule has 0 amide bonds. The van der Waals surface area contributed by atoms with Crippen molar-refractivity contribution in [3.63, 3.8) is 0 Å². The van der Waals surface area contributed by atoms with Gasteiger partial charge in [-0.2, -0.15) is 0 Å². The summed E-state index contributed by atoms with van der Waals surface area (Å²) in [5, 5.41) is 0. The summed E-state index contributed by atoms with van der Waals surface area (Å²) in [7, 11) is 0. The van der Waals surface area contributed by atoms with Gasteiger partial charge in [0.05, 0.1) is 0 Å². The summed E-state index contributed by atoms with van der Waals surface area (Å²) in [4.78, 5) is 0. The van der Waals surface area contributed by atoms with Gasteiger partial charge in [0, 0.05) is 0 Å². The van der Waals surface area contributed by atoms with Crippen molar-refractivity contribution in [3.8, 4) is 0 Å². The van der Waals surface area contributed by atoms with Crippen LogP contribution < -0.4 is 0 Å². The smallest absolute Gasteiger partial charge is 0.00961 e. The first-order valence-corrected chi connectivity index (χ1v) is 19.1. The predicted octanol–water partition coefficient (Wildman–Crippen LogP) is 13.2. The minimum Gasteiger partial charge on any atom is -0.0952 e. The highest BCUT2D eigenvalue weighted by Gasteiger charge is 2.29. The first-order chi connectivity index (χ1) is 22.6. The lowest BCUT2D eigenvalue weighted by molar-refractivity contribution is 0.230. The maximum Gasteiger partial charge on any atom is -0.00961 e. The van der Waals surface area contributed by atoms with Gasteiger partial charge >= 0.3 is 0 Å². The van der Waals surface area contributed by atoms with E-state index < -0.39 is 0 Å². The van der Waals surface area contributed by atoms with Gasteiger partial charge in [-0.15, -0.1) is 0 Å². The molecular formula is C46H60. The van der Waals surface area contributed by atoms with E-state index in [4.69, 9.17) is 0 Å². The van der Waals surface area contributed by atoms with Crippen LogP contribution in [0.2, 0.25) is 0 Å². The summed E-state index contributed by atoms with van der Waals surface area (Å²) in [6, 6.07) is 20.9. The zero-order chi connectivity index (χ0) is 31.6. The van der Waals surface area contributed by atoms with Crippen LogP contribution in [-0.4, -0.2) is 0 Å². The van der Waals surface area contributed by atoms with E-state index in [1.54, 1.807) is 11.1 Å². The third kappa shape index (κ3) is 9.36. The SMILES string of the molecule is C=C(CCC1CCCC(CC2=CC=CCC2C)C1)c1cccc(CC2CCCC(CC(c3ccccc3)C3C=CC=CCC3)C2)c1. The Bertz CT molecular complexity index is 1370. The fourth-order valence-corrected chi connectivity index (χ4v) is 9.54. The Morgan fingerprint density at radius 3 is 2.41 bits per heavy atom. The highest BCUT2D eigenvalue weighted by Crippen LogP contribution is 2.42. The van der Waals surface area contributed by atoms with Gasteiger partial charge < -0.3 is 0 Å². The molecule has 0 spiro atoms. The Balaban J connectivity index is 1.01. The summed E-state index contributed by atoms with van der Waals surface area (Å²) in [5.41, 5.74) is 7.52. The first-order valence-electron chi connectivity index (χ1n) is 19.1. The molecule has 0 radical (unpaired) electrons. The predicted molar refractivity (Wildman–Crippen MR) is 200 cm³/mol. The maximum atomic E-state index is 4.62. The summed E-state index contributed by atoms with van der Waals surface area (Å²) in [5.74, 6) is 5.43. The van der Waals surface area contributed by atoms with Crippen LogP contribution in [-0.2, 0) is 6.42 Å². The lowest BCUT2D eigenvalue weighted by Gasteiger charge is -2.34. The van der Waals surface area contributed by atoms with Crippen molar-refractivity contribution in [2.45, 2.75) is 116 Å². The van der Waals surface area contributed by atoms with E-state index >= 15 is 0 Å². The first kappa shape index (κ1) is 33.1. The molecule has 4 aliphatic carbocycles. The number of hydrogen-bond acceptors (Lipinski definition) is 0. The van der Waals surface area contributed by atoms with Crippen molar-refractivity contribution >= 4 is 5.57 Å². The standard InChI is InChI=1S/C46H60/c1-35-15-10-11-25-44(35)32-39-18-12-16-37(29-39)28-27-36(2)45-26-14-20-40(33-45)30-38-17-13-19-41(31-38)34-46(43-23-8-5-9-24-43)42-21-6-3-4-7-22-42/h3-6,8-11,14,20-21,23-26,33,35,37-39,41-42,46H,2,7,12-13,15-19,22,27-32,34H2,1H3. The second kappa shape index (κ2) is 16.8. The third-order valence-corrected chi connectivity index (χ3v) is 12.2. The normalized spacial score (nSPS) is 28.8. The molecule has 0 heterocycles. The second-order valence-corrected chi connectivity index (χ2v) is 15.7. The molecule has 0 nitrogen and oxygen atoms in total. The molecule has 0 N–H and O–H groups in total. The van der Waals surface area contributed by atoms with E-state index in [1.807, 2.05) is 0 Å². The Kier molecular flexibility index (Phi) is 12.1. The van der Waals surface area contributed by atoms with Crippen molar-refractivity contribution < 1.29 is 0 Å². The third-order valence-electron chi connectivity index (χ3n) is 12.2. The van der Waals surface area contributed by atoms with Crippen LogP contribution in [0.15, 0.2) is 109 Å². The van der Waals surface area contributed by atoms with Crippen molar-refractivity contribution in [2.24, 2.45) is 35.5 Å². The van der Waals surface area contributed by atoms with Gasteiger partial charge in [-0.05, 0) is 128 Å². The molecule has 2 aromatic carbocycles.